The molecule has 2 atom stereocenters. The third-order valence-electron chi connectivity index (χ3n) is 10.1. The van der Waals surface area contributed by atoms with Gasteiger partial charge in [0, 0.05) is 25.5 Å². The lowest BCUT2D eigenvalue weighted by Gasteiger charge is -2.21. The van der Waals surface area contributed by atoms with Crippen LogP contribution in [0.4, 0.5) is 11.4 Å². The molecule has 0 radical (unpaired) electrons. The first-order chi connectivity index (χ1) is 28.2. The second-order valence-electron chi connectivity index (χ2n) is 15.3. The van der Waals surface area contributed by atoms with Gasteiger partial charge in [-0.1, -0.05) is 168 Å². The van der Waals surface area contributed by atoms with Crippen LogP contribution < -0.4 is 5.32 Å². The number of carbonyl (C=O) groups is 2. The highest BCUT2D eigenvalue weighted by molar-refractivity contribution is 7.47. The van der Waals surface area contributed by atoms with Crippen molar-refractivity contribution < 1.29 is 47.1 Å². The Morgan fingerprint density at radius 1 is 0.724 bits per heavy atom. The summed E-state index contributed by atoms with van der Waals surface area (Å²) in [6, 6.07) is 2.63. The summed E-state index contributed by atoms with van der Waals surface area (Å²) in [5, 5.41) is 21.4. The van der Waals surface area contributed by atoms with Crippen molar-refractivity contribution in [1.82, 2.24) is 10.3 Å². The third kappa shape index (κ3) is 24.7. The van der Waals surface area contributed by atoms with E-state index in [2.05, 4.69) is 34.1 Å². The fourth-order valence-corrected chi connectivity index (χ4v) is 7.55. The van der Waals surface area contributed by atoms with Crippen LogP contribution in [-0.4, -0.2) is 58.1 Å². The Morgan fingerprint density at radius 2 is 1.17 bits per heavy atom. The molecule has 0 amide bonds. The quantitative estimate of drug-likeness (QED) is 0.0161. The minimum Gasteiger partial charge on any atom is -0.459 e. The summed E-state index contributed by atoms with van der Waals surface area (Å²) in [6.45, 7) is 3.51. The second kappa shape index (κ2) is 32.7. The van der Waals surface area contributed by atoms with Crippen molar-refractivity contribution in [2.75, 3.05) is 25.1 Å². The first-order valence-corrected chi connectivity index (χ1v) is 23.8. The van der Waals surface area contributed by atoms with Gasteiger partial charge in [-0.15, -0.1) is 0 Å². The van der Waals surface area contributed by atoms with Crippen molar-refractivity contribution in [3.63, 3.8) is 0 Å². The van der Waals surface area contributed by atoms with E-state index in [0.29, 0.717) is 18.5 Å². The number of benzene rings is 1. The molecule has 1 heterocycles. The summed E-state index contributed by atoms with van der Waals surface area (Å²) in [5.74, 6) is -1.15. The van der Waals surface area contributed by atoms with Gasteiger partial charge >= 0.3 is 25.4 Å². The van der Waals surface area contributed by atoms with Crippen LogP contribution in [0.3, 0.4) is 0 Å². The Hall–Kier alpha value is -3.13. The molecule has 2 rings (SSSR count). The van der Waals surface area contributed by atoms with Crippen LogP contribution in [0.15, 0.2) is 16.8 Å². The number of phosphoric ester groups is 1. The molecule has 2 unspecified atom stereocenters. The molecular formula is C42H73N4O11P. The smallest absolute Gasteiger partial charge is 0.459 e. The van der Waals surface area contributed by atoms with Gasteiger partial charge in [-0.05, 0) is 29.2 Å². The predicted molar refractivity (Wildman–Crippen MR) is 225 cm³/mol. The zero-order valence-electron chi connectivity index (χ0n) is 35.5. The van der Waals surface area contributed by atoms with Crippen LogP contribution in [-0.2, 0) is 32.7 Å². The zero-order chi connectivity index (χ0) is 42.1. The minimum absolute atomic E-state index is 0.0364. The highest BCUT2D eigenvalue weighted by atomic mass is 31.2. The van der Waals surface area contributed by atoms with Crippen LogP contribution in [0.5, 0.6) is 0 Å². The standard InChI is InChI=1S/C42H73N4O11P/c1-3-5-7-9-11-13-15-17-19-21-23-25-27-29-38(47)53-35-40(55-39(48)30-28-26-24-22-20-18-16-14-12-10-8-6-4-2)56-58(51,52)54-34-33-43-36-31-32-37(46(49)50)42-41(36)44-57-45-42/h31-32,40,43H,3-30,33-35H2,1-2H3,(H,51,52). The molecule has 16 heteroatoms. The molecule has 15 nitrogen and oxygen atoms in total. The molecule has 0 saturated carbocycles. The number of aromatic nitrogens is 2. The summed E-state index contributed by atoms with van der Waals surface area (Å²) in [6.07, 6.45) is 29.1. The number of non-ortho nitro benzene ring substituents is 1. The van der Waals surface area contributed by atoms with Crippen molar-refractivity contribution in [1.29, 1.82) is 0 Å². The molecule has 0 fully saturated rings. The van der Waals surface area contributed by atoms with E-state index in [0.717, 1.165) is 38.5 Å². The van der Waals surface area contributed by atoms with Gasteiger partial charge in [-0.3, -0.25) is 24.2 Å². The molecule has 1 aromatic carbocycles. The molecule has 0 aliphatic rings. The van der Waals surface area contributed by atoms with Gasteiger partial charge in [0.2, 0.25) is 11.8 Å². The summed E-state index contributed by atoms with van der Waals surface area (Å²) >= 11 is 0. The number of esters is 2. The number of unbranched alkanes of at least 4 members (excludes halogenated alkanes) is 24. The number of nitro benzene ring substituents is 1. The highest BCUT2D eigenvalue weighted by Crippen LogP contribution is 2.44. The van der Waals surface area contributed by atoms with E-state index in [9.17, 15) is 29.2 Å². The lowest BCUT2D eigenvalue weighted by atomic mass is 10.0. The molecule has 2 aromatic rings. The Balaban J connectivity index is 1.74. The van der Waals surface area contributed by atoms with E-state index in [1.165, 1.54) is 128 Å². The molecule has 0 spiro atoms. The number of nitro groups is 1. The number of ether oxygens (including phenoxy) is 2. The number of phosphoric acid groups is 1. The molecule has 332 valence electrons. The summed E-state index contributed by atoms with van der Waals surface area (Å²) < 4.78 is 38.5. The van der Waals surface area contributed by atoms with Gasteiger partial charge in [0.05, 0.1) is 17.2 Å². The Morgan fingerprint density at radius 3 is 1.66 bits per heavy atom. The fraction of sp³-hybridized carbons (Fsp3) is 0.810. The molecule has 0 aliphatic carbocycles. The van der Waals surface area contributed by atoms with Crippen molar-refractivity contribution in [3.05, 3.63) is 22.2 Å². The Labute approximate surface area is 346 Å². The normalized spacial score (nSPS) is 13.0. The first kappa shape index (κ1) is 51.0. The van der Waals surface area contributed by atoms with Crippen molar-refractivity contribution in [2.24, 2.45) is 0 Å². The molecular weight excluding hydrogens is 767 g/mol. The maximum absolute atomic E-state index is 12.9. The predicted octanol–water partition coefficient (Wildman–Crippen LogP) is 12.1. The molecule has 2 N–H and O–H groups in total. The second-order valence-corrected chi connectivity index (χ2v) is 16.7. The van der Waals surface area contributed by atoms with Crippen molar-refractivity contribution in [2.45, 2.75) is 200 Å². The summed E-state index contributed by atoms with van der Waals surface area (Å²) in [7, 11) is -4.80. The van der Waals surface area contributed by atoms with Gasteiger partial charge in [-0.2, -0.15) is 0 Å². The summed E-state index contributed by atoms with van der Waals surface area (Å²) in [5.41, 5.74) is 0.0912. The number of fused-ring (bicyclic) bond motifs is 1. The van der Waals surface area contributed by atoms with Crippen LogP contribution in [0.2, 0.25) is 0 Å². The number of hydrogen-bond acceptors (Lipinski definition) is 13. The van der Waals surface area contributed by atoms with E-state index in [-0.39, 0.29) is 42.7 Å². The Bertz CT molecular complexity index is 1440. The Kier molecular flexibility index (Phi) is 28.8. The van der Waals surface area contributed by atoms with Crippen molar-refractivity contribution in [3.8, 4) is 0 Å². The van der Waals surface area contributed by atoms with Crippen LogP contribution in [0.25, 0.3) is 11.0 Å². The van der Waals surface area contributed by atoms with E-state index < -0.39 is 37.6 Å². The first-order valence-electron chi connectivity index (χ1n) is 22.3. The van der Waals surface area contributed by atoms with Gasteiger partial charge in [0.25, 0.3) is 0 Å². The van der Waals surface area contributed by atoms with Crippen LogP contribution >= 0.6 is 7.82 Å². The molecule has 0 bridgehead atoms. The van der Waals surface area contributed by atoms with Crippen LogP contribution in [0, 0.1) is 10.1 Å². The number of anilines is 1. The van der Waals surface area contributed by atoms with Gasteiger partial charge < -0.3 is 19.7 Å². The summed E-state index contributed by atoms with van der Waals surface area (Å²) in [4.78, 5) is 46.4. The van der Waals surface area contributed by atoms with Crippen LogP contribution in [0.1, 0.15) is 194 Å². The SMILES string of the molecule is CCCCCCCCCCCCCCCC(=O)OCC(OC(=O)CCCCCCCCCCCCCCC)OP(=O)(O)OCCNc1ccc([N+](=O)[O-])c2nonc12. The average Bonchev–Trinajstić information content (AvgIpc) is 3.69. The number of rotatable bonds is 39. The van der Waals surface area contributed by atoms with Gasteiger partial charge in [-0.25, -0.2) is 13.7 Å². The molecule has 0 aliphatic heterocycles. The minimum atomic E-state index is -4.80. The monoisotopic (exact) mass is 841 g/mol. The number of hydrogen-bond donors (Lipinski definition) is 2. The van der Waals surface area contributed by atoms with E-state index in [1.807, 2.05) is 0 Å². The lowest BCUT2D eigenvalue weighted by Crippen LogP contribution is -2.27. The van der Waals surface area contributed by atoms with Gasteiger partial charge in [0.1, 0.15) is 0 Å². The molecule has 1 aromatic heterocycles. The van der Waals surface area contributed by atoms with Crippen molar-refractivity contribution >= 4 is 42.2 Å². The van der Waals surface area contributed by atoms with E-state index in [4.69, 9.17) is 18.5 Å². The largest absolute Gasteiger partial charge is 0.475 e. The number of nitrogens with one attached hydrogen (secondary N) is 1. The van der Waals surface area contributed by atoms with Gasteiger partial charge in [0.15, 0.2) is 12.1 Å². The topological polar surface area (TPSA) is 202 Å². The third-order valence-corrected chi connectivity index (χ3v) is 11.1. The molecule has 0 saturated heterocycles. The number of carbonyl (C=O) groups excluding carboxylic acids is 2. The van der Waals surface area contributed by atoms with E-state index >= 15 is 0 Å². The number of nitrogens with zero attached hydrogens (tertiary/aromatic N) is 3. The maximum Gasteiger partial charge on any atom is 0.475 e. The molecule has 58 heavy (non-hydrogen) atoms. The van der Waals surface area contributed by atoms with E-state index in [1.54, 1.807) is 0 Å². The highest BCUT2D eigenvalue weighted by Gasteiger charge is 2.30. The fourth-order valence-electron chi connectivity index (χ4n) is 6.77. The lowest BCUT2D eigenvalue weighted by molar-refractivity contribution is -0.383. The zero-order valence-corrected chi connectivity index (χ0v) is 36.4. The maximum atomic E-state index is 12.9. The average molecular weight is 841 g/mol.